The third-order valence-electron chi connectivity index (χ3n) is 7.66. The number of nitrogens with zero attached hydrogens (tertiary/aromatic N) is 3. The highest BCUT2D eigenvalue weighted by molar-refractivity contribution is 6.35. The number of hydrogen-bond donors (Lipinski definition) is 1. The molecule has 1 fully saturated rings. The fraction of sp³-hybridized carbons (Fsp3) is 0.226. The van der Waals surface area contributed by atoms with Gasteiger partial charge in [-0.25, -0.2) is 9.59 Å². The first-order valence-electron chi connectivity index (χ1n) is 14.0. The maximum Gasteiger partial charge on any atom is 0.493 e. The Kier molecular flexibility index (Phi) is 8.53. The van der Waals surface area contributed by atoms with E-state index in [2.05, 4.69) is 9.88 Å². The topological polar surface area (TPSA) is 79.8 Å². The Balaban J connectivity index is 1.47. The van der Waals surface area contributed by atoms with E-state index in [1.54, 1.807) is 0 Å². The van der Waals surface area contributed by atoms with Crippen molar-refractivity contribution in [3.8, 4) is 16.9 Å². The number of aromatic amines is 1. The summed E-state index contributed by atoms with van der Waals surface area (Å²) in [6.07, 6.45) is -8.98. The van der Waals surface area contributed by atoms with Crippen LogP contribution < -0.4 is 14.5 Å². The van der Waals surface area contributed by atoms with Crippen molar-refractivity contribution >= 4 is 62.6 Å². The molecular weight excluding hydrogens is 677 g/mol. The molecule has 0 amide bonds. The normalized spacial score (nSPS) is 14.6. The van der Waals surface area contributed by atoms with Gasteiger partial charge in [0.1, 0.15) is 5.75 Å². The summed E-state index contributed by atoms with van der Waals surface area (Å²) in [6.45, 7) is 1.70. The number of alkyl halides is 6. The minimum atomic E-state index is -5.42. The quantitative estimate of drug-likeness (QED) is 0.113. The van der Waals surface area contributed by atoms with E-state index >= 15 is 0 Å². The van der Waals surface area contributed by atoms with E-state index in [-0.39, 0.29) is 44.3 Å². The van der Waals surface area contributed by atoms with Crippen molar-refractivity contribution in [2.75, 3.05) is 31.1 Å². The molecule has 16 heteroatoms. The summed E-state index contributed by atoms with van der Waals surface area (Å²) in [5, 5.41) is 0.986. The van der Waals surface area contributed by atoms with E-state index < -0.39 is 30.0 Å². The van der Waals surface area contributed by atoms with E-state index in [9.17, 15) is 35.9 Å². The predicted octanol–water partition coefficient (Wildman–Crippen LogP) is 7.40. The molecule has 1 saturated heterocycles. The Morgan fingerprint density at radius 2 is 1.49 bits per heavy atom. The van der Waals surface area contributed by atoms with E-state index in [0.717, 1.165) is 28.7 Å². The van der Waals surface area contributed by atoms with Crippen LogP contribution in [-0.2, 0) is 16.1 Å². The molecule has 0 aliphatic carbocycles. The number of aromatic nitrogens is 2. The SMILES string of the molecule is O=C(Oc1cccc2c1c(-c1cc(Cl)cc(Cl)c1)c(CN1CCN(c3cccc4[nH]ccc34)CC1)n2OC(=O)C(F)(F)F)C(F)(F)F. The average molecular weight is 699 g/mol. The third-order valence-corrected chi connectivity index (χ3v) is 8.09. The van der Waals surface area contributed by atoms with E-state index in [1.807, 2.05) is 35.4 Å². The minimum Gasteiger partial charge on any atom is -0.419 e. The van der Waals surface area contributed by atoms with Gasteiger partial charge in [0.15, 0.2) is 0 Å². The van der Waals surface area contributed by atoms with Crippen LogP contribution in [0.25, 0.3) is 32.9 Å². The monoisotopic (exact) mass is 698 g/mol. The molecule has 0 spiro atoms. The van der Waals surface area contributed by atoms with Crippen LogP contribution in [0, 0.1) is 0 Å². The molecule has 0 saturated carbocycles. The van der Waals surface area contributed by atoms with Crippen molar-refractivity contribution in [3.05, 3.63) is 82.6 Å². The summed E-state index contributed by atoms with van der Waals surface area (Å²) in [6, 6.07) is 15.4. The minimum absolute atomic E-state index is 0.00414. The van der Waals surface area contributed by atoms with Crippen LogP contribution in [0.1, 0.15) is 5.69 Å². The Bertz CT molecular complexity index is 1980. The van der Waals surface area contributed by atoms with E-state index in [1.165, 1.54) is 24.3 Å². The first kappa shape index (κ1) is 32.5. The number of esters is 1. The van der Waals surface area contributed by atoms with Gasteiger partial charge in [-0.15, -0.1) is 0 Å². The summed E-state index contributed by atoms with van der Waals surface area (Å²) in [5.41, 5.74) is 1.79. The molecule has 2 aromatic heterocycles. The van der Waals surface area contributed by atoms with E-state index in [0.29, 0.717) is 30.9 Å². The fourth-order valence-electron chi connectivity index (χ4n) is 5.67. The molecule has 246 valence electrons. The maximum atomic E-state index is 13.5. The zero-order chi connectivity index (χ0) is 33.7. The van der Waals surface area contributed by atoms with Crippen LogP contribution in [0.5, 0.6) is 5.75 Å². The van der Waals surface area contributed by atoms with Gasteiger partial charge >= 0.3 is 24.3 Å². The van der Waals surface area contributed by atoms with Crippen molar-refractivity contribution in [3.63, 3.8) is 0 Å². The van der Waals surface area contributed by atoms with Crippen molar-refractivity contribution in [2.45, 2.75) is 18.9 Å². The van der Waals surface area contributed by atoms with Gasteiger partial charge in [-0.05, 0) is 54.1 Å². The molecule has 47 heavy (non-hydrogen) atoms. The molecule has 1 N–H and O–H groups in total. The Morgan fingerprint density at radius 3 is 2.15 bits per heavy atom. The number of ether oxygens (including phenoxy) is 1. The summed E-state index contributed by atoms with van der Waals surface area (Å²) in [5.74, 6) is -5.77. The van der Waals surface area contributed by atoms with Crippen LogP contribution in [0.15, 0.2) is 66.9 Å². The van der Waals surface area contributed by atoms with Gasteiger partial charge in [-0.3, -0.25) is 4.90 Å². The molecule has 0 unspecified atom stereocenters. The molecule has 6 rings (SSSR count). The standard InChI is InChI=1S/C31H22Cl2F6N4O4/c32-18-13-17(14-19(33)15-18)26-24(16-41-9-11-42(12-10-41)22-4-1-3-21-20(22)7-8-40-21)43(47-29(45)31(37,38)39)23-5-2-6-25(27(23)26)46-28(44)30(34,35)36/h1-8,13-15,40H,9-12,16H2. The predicted molar refractivity (Wildman–Crippen MR) is 163 cm³/mol. The van der Waals surface area contributed by atoms with E-state index in [4.69, 9.17) is 32.8 Å². The van der Waals surface area contributed by atoms with Crippen LogP contribution in [0.3, 0.4) is 0 Å². The van der Waals surface area contributed by atoms with Gasteiger partial charge in [0.25, 0.3) is 0 Å². The van der Waals surface area contributed by atoms with Gasteiger partial charge in [-0.1, -0.05) is 35.3 Å². The highest BCUT2D eigenvalue weighted by Gasteiger charge is 2.44. The Hall–Kier alpha value is -4.40. The lowest BCUT2D eigenvalue weighted by atomic mass is 10.0. The lowest BCUT2D eigenvalue weighted by Crippen LogP contribution is -2.46. The molecule has 8 nitrogen and oxygen atoms in total. The molecule has 0 bridgehead atoms. The smallest absolute Gasteiger partial charge is 0.419 e. The summed E-state index contributed by atoms with van der Waals surface area (Å²) < 4.78 is 85.6. The molecule has 3 heterocycles. The maximum absolute atomic E-state index is 13.5. The van der Waals surface area contributed by atoms with Gasteiger partial charge in [0, 0.05) is 71.1 Å². The number of carbonyl (C=O) groups excluding carboxylic acids is 2. The summed E-state index contributed by atoms with van der Waals surface area (Å²) >= 11 is 12.5. The largest absolute Gasteiger partial charge is 0.493 e. The first-order valence-corrected chi connectivity index (χ1v) is 14.7. The van der Waals surface area contributed by atoms with Crippen molar-refractivity contribution in [1.29, 1.82) is 0 Å². The number of hydrogen-bond acceptors (Lipinski definition) is 6. The molecule has 3 aromatic carbocycles. The number of piperazine rings is 1. The van der Waals surface area contributed by atoms with Crippen LogP contribution in [0.4, 0.5) is 32.0 Å². The van der Waals surface area contributed by atoms with Gasteiger partial charge in [0.2, 0.25) is 0 Å². The van der Waals surface area contributed by atoms with Gasteiger partial charge in [0.05, 0.1) is 16.6 Å². The van der Waals surface area contributed by atoms with Gasteiger partial charge < -0.3 is 19.5 Å². The molecular formula is C31H22Cl2F6N4O4. The van der Waals surface area contributed by atoms with Crippen LogP contribution in [-0.4, -0.2) is 65.1 Å². The molecule has 0 radical (unpaired) electrons. The molecule has 1 aliphatic rings. The highest BCUT2D eigenvalue weighted by atomic mass is 35.5. The molecule has 5 aromatic rings. The van der Waals surface area contributed by atoms with Crippen molar-refractivity contribution < 1.29 is 45.5 Å². The highest BCUT2D eigenvalue weighted by Crippen LogP contribution is 2.43. The second-order valence-electron chi connectivity index (χ2n) is 10.7. The number of halogens is 8. The van der Waals surface area contributed by atoms with Gasteiger partial charge in [-0.2, -0.15) is 31.1 Å². The molecule has 0 atom stereocenters. The number of nitrogens with one attached hydrogen (secondary N) is 1. The number of rotatable bonds is 6. The second kappa shape index (κ2) is 12.3. The van der Waals surface area contributed by atoms with Crippen molar-refractivity contribution in [2.24, 2.45) is 0 Å². The van der Waals surface area contributed by atoms with Crippen LogP contribution in [0.2, 0.25) is 10.0 Å². The van der Waals surface area contributed by atoms with Crippen molar-refractivity contribution in [1.82, 2.24) is 14.6 Å². The Morgan fingerprint density at radius 1 is 0.830 bits per heavy atom. The Labute approximate surface area is 271 Å². The lowest BCUT2D eigenvalue weighted by Gasteiger charge is -2.36. The number of benzene rings is 3. The number of H-pyrrole nitrogens is 1. The zero-order valence-electron chi connectivity index (χ0n) is 23.9. The first-order chi connectivity index (χ1) is 22.2. The second-order valence-corrected chi connectivity index (χ2v) is 11.5. The molecule has 1 aliphatic heterocycles. The zero-order valence-corrected chi connectivity index (χ0v) is 25.4. The summed E-state index contributed by atoms with van der Waals surface area (Å²) in [7, 11) is 0. The lowest BCUT2D eigenvalue weighted by molar-refractivity contribution is -0.199. The third kappa shape index (κ3) is 6.58. The number of carbonyl (C=O) groups is 2. The fourth-order valence-corrected chi connectivity index (χ4v) is 6.19. The average Bonchev–Trinajstić information content (AvgIpc) is 3.60. The number of fused-ring (bicyclic) bond motifs is 2. The number of anilines is 1. The summed E-state index contributed by atoms with van der Waals surface area (Å²) in [4.78, 5) is 36.2. The van der Waals surface area contributed by atoms with Crippen LogP contribution >= 0.6 is 23.2 Å².